The first-order chi connectivity index (χ1) is 10.6. The lowest BCUT2D eigenvalue weighted by Crippen LogP contribution is -2.32. The third kappa shape index (κ3) is 3.03. The first-order valence-corrected chi connectivity index (χ1v) is 7.64. The lowest BCUT2D eigenvalue weighted by Gasteiger charge is -2.19. The van der Waals surface area contributed by atoms with E-state index in [2.05, 4.69) is 34.2 Å². The van der Waals surface area contributed by atoms with Crippen molar-refractivity contribution in [3.05, 3.63) is 30.0 Å². The highest BCUT2D eigenvalue weighted by Crippen LogP contribution is 2.41. The number of nitrogens with one attached hydrogen (secondary N) is 1. The van der Waals surface area contributed by atoms with Crippen LogP contribution in [-0.2, 0) is 7.05 Å². The van der Waals surface area contributed by atoms with Crippen LogP contribution >= 0.6 is 0 Å². The summed E-state index contributed by atoms with van der Waals surface area (Å²) in [4.78, 5) is 20.9. The molecule has 0 radical (unpaired) electrons. The summed E-state index contributed by atoms with van der Waals surface area (Å²) in [6, 6.07) is -0.191. The third-order valence-electron chi connectivity index (χ3n) is 3.83. The molecule has 1 atom stereocenters. The molecule has 1 N–H and O–H groups in total. The van der Waals surface area contributed by atoms with Crippen LogP contribution in [0.25, 0.3) is 0 Å². The molecule has 118 valence electrons. The zero-order valence-corrected chi connectivity index (χ0v) is 13.1. The minimum absolute atomic E-state index is 0.191. The number of nitrogens with zero attached hydrogens (tertiary/aromatic N) is 4. The Morgan fingerprint density at radius 3 is 2.82 bits per heavy atom. The smallest absolute Gasteiger partial charge is 0.274 e. The number of carbonyl (C=O) groups excluding carboxylic acids is 1. The number of amides is 1. The van der Waals surface area contributed by atoms with Crippen LogP contribution in [0.2, 0.25) is 0 Å². The number of hydrogen-bond acceptors (Lipinski definition) is 5. The van der Waals surface area contributed by atoms with Gasteiger partial charge in [-0.2, -0.15) is 5.10 Å². The van der Waals surface area contributed by atoms with Crippen molar-refractivity contribution < 1.29 is 9.21 Å². The zero-order valence-electron chi connectivity index (χ0n) is 13.1. The third-order valence-corrected chi connectivity index (χ3v) is 3.83. The average molecular weight is 303 g/mol. The van der Waals surface area contributed by atoms with Crippen LogP contribution in [0.15, 0.2) is 17.1 Å². The van der Waals surface area contributed by atoms with E-state index in [1.165, 1.54) is 12.7 Å². The van der Waals surface area contributed by atoms with Crippen molar-refractivity contribution in [2.75, 3.05) is 0 Å². The van der Waals surface area contributed by atoms with Crippen LogP contribution < -0.4 is 5.32 Å². The van der Waals surface area contributed by atoms with Crippen molar-refractivity contribution in [3.63, 3.8) is 0 Å². The lowest BCUT2D eigenvalue weighted by atomic mass is 10.0. The molecule has 7 heteroatoms. The first kappa shape index (κ1) is 14.7. The molecule has 7 nitrogen and oxygen atoms in total. The summed E-state index contributed by atoms with van der Waals surface area (Å²) in [6.45, 7) is 4.22. The standard InChI is InChI=1S/C15H21N5O2/c1-9(2)6-11(14-16-7-18-20(14)3)19-15(21)12-13(10-4-5-10)22-8-17-12/h7-11H,4-6H2,1-3H3,(H,19,21)/t11-/m0/s1. The molecule has 0 aromatic carbocycles. The van der Waals surface area contributed by atoms with E-state index in [0.717, 1.165) is 25.1 Å². The number of carbonyl (C=O) groups is 1. The fourth-order valence-corrected chi connectivity index (χ4v) is 2.61. The van der Waals surface area contributed by atoms with E-state index in [1.54, 1.807) is 4.68 Å². The summed E-state index contributed by atoms with van der Waals surface area (Å²) >= 11 is 0. The van der Waals surface area contributed by atoms with Crippen LogP contribution in [0.4, 0.5) is 0 Å². The molecular weight excluding hydrogens is 282 g/mol. The molecule has 0 spiro atoms. The number of hydrogen-bond donors (Lipinski definition) is 1. The largest absolute Gasteiger partial charge is 0.447 e. The van der Waals surface area contributed by atoms with E-state index in [1.807, 2.05) is 7.05 Å². The van der Waals surface area contributed by atoms with Crippen LogP contribution in [0.5, 0.6) is 0 Å². The average Bonchev–Trinajstić information content (AvgIpc) is 3.02. The first-order valence-electron chi connectivity index (χ1n) is 7.64. The summed E-state index contributed by atoms with van der Waals surface area (Å²) < 4.78 is 7.07. The van der Waals surface area contributed by atoms with E-state index in [9.17, 15) is 4.79 Å². The van der Waals surface area contributed by atoms with Gasteiger partial charge >= 0.3 is 0 Å². The second-order valence-electron chi connectivity index (χ2n) is 6.24. The Labute approximate surface area is 129 Å². The second kappa shape index (κ2) is 5.90. The minimum atomic E-state index is -0.204. The summed E-state index contributed by atoms with van der Waals surface area (Å²) in [7, 11) is 1.83. The highest BCUT2D eigenvalue weighted by molar-refractivity contribution is 5.93. The van der Waals surface area contributed by atoms with Crippen LogP contribution in [0.3, 0.4) is 0 Å². The Hall–Kier alpha value is -2.18. The van der Waals surface area contributed by atoms with Gasteiger partial charge in [0.05, 0.1) is 6.04 Å². The van der Waals surface area contributed by atoms with Crippen molar-refractivity contribution in [2.45, 2.75) is 45.1 Å². The van der Waals surface area contributed by atoms with Gasteiger partial charge in [0.1, 0.15) is 17.9 Å². The Kier molecular flexibility index (Phi) is 3.96. The summed E-state index contributed by atoms with van der Waals surface area (Å²) in [5.41, 5.74) is 0.401. The molecule has 0 saturated heterocycles. The maximum Gasteiger partial charge on any atom is 0.274 e. The zero-order chi connectivity index (χ0) is 15.7. The molecular formula is C15H21N5O2. The van der Waals surface area contributed by atoms with Crippen molar-refractivity contribution in [1.82, 2.24) is 25.1 Å². The number of rotatable bonds is 6. The predicted octanol–water partition coefficient (Wildman–Crippen LogP) is 2.20. The molecule has 1 amide bonds. The quantitative estimate of drug-likeness (QED) is 0.884. The fraction of sp³-hybridized carbons (Fsp3) is 0.600. The van der Waals surface area contributed by atoms with Gasteiger partial charge in [0, 0.05) is 13.0 Å². The Bertz CT molecular complexity index is 656. The SMILES string of the molecule is CC(C)C[C@H](NC(=O)c1ncoc1C1CC1)c1ncnn1C. The second-order valence-corrected chi connectivity index (χ2v) is 6.24. The molecule has 2 aromatic rings. The van der Waals surface area contributed by atoms with E-state index < -0.39 is 0 Å². The highest BCUT2D eigenvalue weighted by Gasteiger charge is 2.33. The molecule has 2 aromatic heterocycles. The highest BCUT2D eigenvalue weighted by atomic mass is 16.3. The van der Waals surface area contributed by atoms with E-state index in [-0.39, 0.29) is 11.9 Å². The molecule has 1 saturated carbocycles. The molecule has 0 unspecified atom stereocenters. The maximum atomic E-state index is 12.6. The number of oxazole rings is 1. The summed E-state index contributed by atoms with van der Waals surface area (Å²) in [5, 5.41) is 7.12. The molecule has 3 rings (SSSR count). The van der Waals surface area contributed by atoms with E-state index in [0.29, 0.717) is 23.3 Å². The molecule has 0 bridgehead atoms. The molecule has 1 aliphatic carbocycles. The lowest BCUT2D eigenvalue weighted by molar-refractivity contribution is 0.0922. The molecule has 1 aliphatic rings. The van der Waals surface area contributed by atoms with Gasteiger partial charge in [0.15, 0.2) is 12.1 Å². The Morgan fingerprint density at radius 1 is 1.45 bits per heavy atom. The van der Waals surface area contributed by atoms with Gasteiger partial charge < -0.3 is 9.73 Å². The predicted molar refractivity (Wildman–Crippen MR) is 79.1 cm³/mol. The van der Waals surface area contributed by atoms with Gasteiger partial charge in [0.25, 0.3) is 5.91 Å². The summed E-state index contributed by atoms with van der Waals surface area (Å²) in [5.74, 6) is 2.02. The van der Waals surface area contributed by atoms with E-state index in [4.69, 9.17) is 4.42 Å². The Morgan fingerprint density at radius 2 is 2.23 bits per heavy atom. The molecule has 1 fully saturated rings. The van der Waals surface area contributed by atoms with E-state index >= 15 is 0 Å². The van der Waals surface area contributed by atoms with Crippen molar-refractivity contribution in [2.24, 2.45) is 13.0 Å². The topological polar surface area (TPSA) is 85.8 Å². The van der Waals surface area contributed by atoms with Crippen LogP contribution in [-0.4, -0.2) is 25.7 Å². The molecule has 2 heterocycles. The number of aryl methyl sites for hydroxylation is 1. The van der Waals surface area contributed by atoms with Crippen LogP contribution in [0.1, 0.15) is 67.1 Å². The monoisotopic (exact) mass is 303 g/mol. The maximum absolute atomic E-state index is 12.6. The van der Waals surface area contributed by atoms with Gasteiger partial charge in [-0.1, -0.05) is 13.8 Å². The minimum Gasteiger partial charge on any atom is -0.447 e. The van der Waals surface area contributed by atoms with Crippen molar-refractivity contribution in [3.8, 4) is 0 Å². The fourth-order valence-electron chi connectivity index (χ4n) is 2.61. The van der Waals surface area contributed by atoms with Crippen molar-refractivity contribution >= 4 is 5.91 Å². The molecule has 22 heavy (non-hydrogen) atoms. The Balaban J connectivity index is 1.79. The van der Waals surface area contributed by atoms with Crippen molar-refractivity contribution in [1.29, 1.82) is 0 Å². The van der Waals surface area contributed by atoms with Gasteiger partial charge in [-0.15, -0.1) is 0 Å². The number of aromatic nitrogens is 4. The van der Waals surface area contributed by atoms with Gasteiger partial charge in [-0.05, 0) is 25.2 Å². The van der Waals surface area contributed by atoms with Crippen LogP contribution in [0, 0.1) is 5.92 Å². The van der Waals surface area contributed by atoms with Gasteiger partial charge in [0.2, 0.25) is 0 Å². The van der Waals surface area contributed by atoms with Gasteiger partial charge in [-0.25, -0.2) is 9.97 Å². The van der Waals surface area contributed by atoms with Gasteiger partial charge in [-0.3, -0.25) is 9.48 Å². The normalized spacial score (nSPS) is 16.0. The summed E-state index contributed by atoms with van der Waals surface area (Å²) in [6.07, 6.45) is 5.76. The molecule has 0 aliphatic heterocycles.